The first-order chi connectivity index (χ1) is 18.0. The van der Waals surface area contributed by atoms with Crippen LogP contribution in [0, 0.1) is 5.41 Å². The third kappa shape index (κ3) is 6.27. The van der Waals surface area contributed by atoms with Crippen LogP contribution in [-0.2, 0) is 17.8 Å². The maximum atomic E-state index is 12.9. The van der Waals surface area contributed by atoms with E-state index < -0.39 is 11.5 Å². The van der Waals surface area contributed by atoms with Crippen molar-refractivity contribution in [2.75, 3.05) is 26.7 Å². The van der Waals surface area contributed by atoms with Crippen LogP contribution in [0.25, 0.3) is 10.9 Å². The molecule has 1 aliphatic rings. The predicted molar refractivity (Wildman–Crippen MR) is 143 cm³/mol. The molecule has 198 valence electrons. The molecule has 1 aromatic heterocycles. The average Bonchev–Trinajstić information content (AvgIpc) is 2.95. The quantitative estimate of drug-likeness (QED) is 0.231. The molecular weight excluding hydrogens is 468 g/mol. The number of piperidine rings is 1. The van der Waals surface area contributed by atoms with E-state index in [0.29, 0.717) is 31.4 Å². The Morgan fingerprint density at radius 2 is 1.97 bits per heavy atom. The summed E-state index contributed by atoms with van der Waals surface area (Å²) in [6.07, 6.45) is 5.04. The van der Waals surface area contributed by atoms with Gasteiger partial charge in [-0.05, 0) is 93.0 Å². The molecule has 0 radical (unpaired) electrons. The van der Waals surface area contributed by atoms with E-state index in [4.69, 9.17) is 10.5 Å². The van der Waals surface area contributed by atoms with Crippen LogP contribution in [0.5, 0.6) is 5.75 Å². The highest BCUT2D eigenvalue weighted by atomic mass is 16.5. The average molecular weight is 507 g/mol. The van der Waals surface area contributed by atoms with Crippen molar-refractivity contribution in [1.29, 1.82) is 0 Å². The Hall–Kier alpha value is -3.04. The zero-order chi connectivity index (χ0) is 26.3. The van der Waals surface area contributed by atoms with Gasteiger partial charge in [0.15, 0.2) is 0 Å². The normalized spacial score (nSPS) is 16.4. The molecule has 8 heteroatoms. The number of carbonyl (C=O) groups is 1. The molecule has 3 aromatic rings. The predicted octanol–water partition coefficient (Wildman–Crippen LogP) is 3.74. The number of carbonyl (C=O) groups excluding carboxylic acids is 1. The molecule has 1 aliphatic heterocycles. The van der Waals surface area contributed by atoms with Crippen LogP contribution in [0.4, 0.5) is 0 Å². The number of hydrogen-bond acceptors (Lipinski definition) is 7. The molecule has 1 amide bonds. The second-order valence-electron chi connectivity index (χ2n) is 9.99. The third-order valence-electron chi connectivity index (χ3n) is 7.83. The van der Waals surface area contributed by atoms with Gasteiger partial charge in [0.2, 0.25) is 5.91 Å². The van der Waals surface area contributed by atoms with Crippen LogP contribution in [0.15, 0.2) is 54.7 Å². The van der Waals surface area contributed by atoms with Gasteiger partial charge in [0.25, 0.3) is 0 Å². The minimum absolute atomic E-state index is 0.243. The van der Waals surface area contributed by atoms with Gasteiger partial charge in [-0.3, -0.25) is 15.0 Å². The van der Waals surface area contributed by atoms with Crippen molar-refractivity contribution < 1.29 is 19.8 Å². The maximum absolute atomic E-state index is 12.9. The summed E-state index contributed by atoms with van der Waals surface area (Å²) < 4.78 is 5.38. The van der Waals surface area contributed by atoms with Gasteiger partial charge in [-0.25, -0.2) is 5.48 Å². The first kappa shape index (κ1) is 27.0. The van der Waals surface area contributed by atoms with E-state index in [0.717, 1.165) is 54.5 Å². The fraction of sp³-hybridized carbons (Fsp3) is 0.448. The fourth-order valence-corrected chi connectivity index (χ4v) is 5.54. The Balaban J connectivity index is 1.43. The number of likely N-dealkylation sites (tertiary alicyclic amines) is 1. The third-order valence-corrected chi connectivity index (χ3v) is 7.83. The summed E-state index contributed by atoms with van der Waals surface area (Å²) in [6, 6.07) is 16.0. The minimum atomic E-state index is -0.830. The molecule has 2 aromatic carbocycles. The van der Waals surface area contributed by atoms with E-state index in [9.17, 15) is 15.1 Å². The van der Waals surface area contributed by atoms with Gasteiger partial charge >= 0.3 is 0 Å². The number of aromatic nitrogens is 1. The van der Waals surface area contributed by atoms with E-state index in [1.807, 2.05) is 29.7 Å². The molecule has 2 heterocycles. The number of nitrogens with one attached hydrogen (secondary N) is 1. The summed E-state index contributed by atoms with van der Waals surface area (Å²) in [5.74, 6) is 0.302. The van der Waals surface area contributed by atoms with Crippen molar-refractivity contribution in [1.82, 2.24) is 15.4 Å². The number of benzene rings is 2. The Kier molecular flexibility index (Phi) is 9.10. The van der Waals surface area contributed by atoms with E-state index >= 15 is 0 Å². The number of nitrogens with zero attached hydrogens (tertiary/aromatic N) is 2. The maximum Gasteiger partial charge on any atom is 0.249 e. The zero-order valence-electron chi connectivity index (χ0n) is 21.5. The number of rotatable bonds is 11. The largest absolute Gasteiger partial charge is 0.497 e. The molecule has 1 unspecified atom stereocenters. The number of aryl methyl sites for hydroxylation is 1. The van der Waals surface area contributed by atoms with Crippen molar-refractivity contribution in [2.45, 2.75) is 51.2 Å². The molecule has 37 heavy (non-hydrogen) atoms. The highest BCUT2D eigenvalue weighted by Gasteiger charge is 2.41. The lowest BCUT2D eigenvalue weighted by atomic mass is 9.73. The smallest absolute Gasteiger partial charge is 0.249 e. The van der Waals surface area contributed by atoms with Gasteiger partial charge < -0.3 is 20.5 Å². The Morgan fingerprint density at radius 1 is 1.22 bits per heavy atom. The fourth-order valence-electron chi connectivity index (χ4n) is 5.54. The van der Waals surface area contributed by atoms with Gasteiger partial charge in [-0.2, -0.15) is 0 Å². The van der Waals surface area contributed by atoms with Crippen LogP contribution in [0.1, 0.15) is 54.9 Å². The highest BCUT2D eigenvalue weighted by Crippen LogP contribution is 2.40. The molecule has 0 bridgehead atoms. The first-order valence-electron chi connectivity index (χ1n) is 13.0. The van der Waals surface area contributed by atoms with Crippen LogP contribution >= 0.6 is 0 Å². The number of hydroxylamine groups is 1. The van der Waals surface area contributed by atoms with E-state index in [2.05, 4.69) is 34.1 Å². The molecule has 4 rings (SSSR count). The summed E-state index contributed by atoms with van der Waals surface area (Å²) in [5.41, 5.74) is 10.7. The van der Waals surface area contributed by atoms with Crippen molar-refractivity contribution in [3.63, 3.8) is 0 Å². The number of methoxy groups -OCH3 is 1. The summed E-state index contributed by atoms with van der Waals surface area (Å²) in [7, 11) is 1.60. The number of pyridine rings is 1. The molecule has 8 nitrogen and oxygen atoms in total. The van der Waals surface area contributed by atoms with Crippen LogP contribution in [-0.4, -0.2) is 52.8 Å². The molecule has 0 spiro atoms. The molecule has 1 fully saturated rings. The number of aliphatic hydroxyl groups is 1. The molecule has 0 saturated carbocycles. The van der Waals surface area contributed by atoms with Crippen molar-refractivity contribution in [2.24, 2.45) is 11.1 Å². The number of nitrogens with two attached hydrogens (primary N) is 1. The number of fused-ring (bicyclic) bond motifs is 1. The van der Waals surface area contributed by atoms with Crippen LogP contribution in [0.2, 0.25) is 0 Å². The molecule has 5 N–H and O–H groups in total. The van der Waals surface area contributed by atoms with Crippen molar-refractivity contribution in [3.05, 3.63) is 71.4 Å². The minimum Gasteiger partial charge on any atom is -0.497 e. The van der Waals surface area contributed by atoms with E-state index in [-0.39, 0.29) is 12.5 Å². The van der Waals surface area contributed by atoms with Gasteiger partial charge in [0, 0.05) is 18.1 Å². The van der Waals surface area contributed by atoms with E-state index in [1.165, 1.54) is 5.56 Å². The lowest BCUT2D eigenvalue weighted by molar-refractivity contribution is -0.143. The highest BCUT2D eigenvalue weighted by molar-refractivity contribution is 5.85. The summed E-state index contributed by atoms with van der Waals surface area (Å²) in [4.78, 5) is 19.7. The standard InChI is InChI=1S/C29H38N4O4/c1-37-23-9-10-25-24(18-23)27(22(19-30)20-31-25)26(34)11-12-29(28(35)32-36)13-16-33(17-14-29)15-5-8-21-6-3-2-4-7-21/h2-4,6-7,9-10,18,20,26,34,36H,5,8,11-17,19,30H2,1H3,(H,32,35). The van der Waals surface area contributed by atoms with Crippen molar-refractivity contribution >= 4 is 16.8 Å². The second kappa shape index (κ2) is 12.5. The monoisotopic (exact) mass is 506 g/mol. The lowest BCUT2D eigenvalue weighted by Crippen LogP contribution is -2.48. The van der Waals surface area contributed by atoms with Crippen LogP contribution in [0.3, 0.4) is 0 Å². The molecule has 1 atom stereocenters. The van der Waals surface area contributed by atoms with E-state index in [1.54, 1.807) is 13.3 Å². The molecular formula is C29H38N4O4. The second-order valence-corrected chi connectivity index (χ2v) is 9.99. The van der Waals surface area contributed by atoms with Gasteiger partial charge in [-0.15, -0.1) is 0 Å². The van der Waals surface area contributed by atoms with Gasteiger partial charge in [-0.1, -0.05) is 30.3 Å². The Bertz CT molecular complexity index is 1170. The number of amides is 1. The summed E-state index contributed by atoms with van der Waals surface area (Å²) >= 11 is 0. The number of ether oxygens (including phenoxy) is 1. The summed E-state index contributed by atoms with van der Waals surface area (Å²) in [6.45, 7) is 2.77. The van der Waals surface area contributed by atoms with Gasteiger partial charge in [0.1, 0.15) is 5.75 Å². The van der Waals surface area contributed by atoms with Crippen LogP contribution < -0.4 is 16.0 Å². The first-order valence-corrected chi connectivity index (χ1v) is 13.0. The zero-order valence-corrected chi connectivity index (χ0v) is 21.5. The molecule has 0 aliphatic carbocycles. The number of aliphatic hydroxyl groups excluding tert-OH is 1. The van der Waals surface area contributed by atoms with Crippen molar-refractivity contribution in [3.8, 4) is 5.75 Å². The van der Waals surface area contributed by atoms with Gasteiger partial charge in [0.05, 0.1) is 24.1 Å². The molecule has 1 saturated heterocycles. The number of hydrogen-bond donors (Lipinski definition) is 4. The summed E-state index contributed by atoms with van der Waals surface area (Å²) in [5, 5.41) is 21.7. The SMILES string of the molecule is COc1ccc2ncc(CN)c(C(O)CCC3(C(=O)NO)CCN(CCCc4ccccc4)CC3)c2c1. The Labute approximate surface area is 218 Å². The lowest BCUT2D eigenvalue weighted by Gasteiger charge is -2.40. The Morgan fingerprint density at radius 3 is 2.65 bits per heavy atom. The topological polar surface area (TPSA) is 121 Å².